The number of rotatable bonds is 7. The molecule has 1 fully saturated rings. The van der Waals surface area contributed by atoms with Crippen molar-refractivity contribution in [2.24, 2.45) is 0 Å². The number of furan rings is 1. The van der Waals surface area contributed by atoms with E-state index >= 15 is 0 Å². The molecular formula is C21H23N3O3S. The zero-order chi connectivity index (χ0) is 19.3. The quantitative estimate of drug-likeness (QED) is 0.653. The average molecular weight is 398 g/mol. The Morgan fingerprint density at radius 2 is 2.07 bits per heavy atom. The molecule has 3 aromatic rings. The Hall–Kier alpha value is -2.64. The Morgan fingerprint density at radius 3 is 2.75 bits per heavy atom. The van der Waals surface area contributed by atoms with Gasteiger partial charge in [-0.25, -0.2) is 4.98 Å². The number of carbonyl (C=O) groups excluding carboxylic acids is 1. The van der Waals surface area contributed by atoms with Crippen molar-refractivity contribution in [1.29, 1.82) is 0 Å². The van der Waals surface area contributed by atoms with Gasteiger partial charge in [0.05, 0.1) is 19.4 Å². The summed E-state index contributed by atoms with van der Waals surface area (Å²) in [5, 5.41) is 5.54. The third-order valence-electron chi connectivity index (χ3n) is 5.01. The maximum absolute atomic E-state index is 12.6. The van der Waals surface area contributed by atoms with Gasteiger partial charge in [0.2, 0.25) is 0 Å². The molecule has 0 bridgehead atoms. The van der Waals surface area contributed by atoms with Crippen LogP contribution in [0.3, 0.4) is 0 Å². The molecule has 1 unspecified atom stereocenters. The molecular weight excluding hydrogens is 374 g/mol. The Morgan fingerprint density at radius 1 is 1.29 bits per heavy atom. The van der Waals surface area contributed by atoms with Gasteiger partial charge >= 0.3 is 0 Å². The maximum Gasteiger partial charge on any atom is 0.270 e. The maximum atomic E-state index is 12.6. The van der Waals surface area contributed by atoms with Crippen LogP contribution >= 0.6 is 11.3 Å². The van der Waals surface area contributed by atoms with E-state index in [0.29, 0.717) is 23.0 Å². The highest BCUT2D eigenvalue weighted by Crippen LogP contribution is 2.27. The number of amides is 1. The lowest BCUT2D eigenvalue weighted by atomic mass is 10.1. The van der Waals surface area contributed by atoms with Gasteiger partial charge in [0.25, 0.3) is 5.91 Å². The number of methoxy groups -OCH3 is 1. The molecule has 0 spiro atoms. The molecule has 1 aliphatic rings. The summed E-state index contributed by atoms with van der Waals surface area (Å²) in [6.07, 6.45) is 3.99. The number of hydrogen-bond donors (Lipinski definition) is 1. The van der Waals surface area contributed by atoms with E-state index in [-0.39, 0.29) is 11.9 Å². The van der Waals surface area contributed by atoms with Crippen molar-refractivity contribution in [2.45, 2.75) is 18.9 Å². The zero-order valence-corrected chi connectivity index (χ0v) is 16.6. The highest BCUT2D eigenvalue weighted by Gasteiger charge is 2.24. The molecule has 28 heavy (non-hydrogen) atoms. The van der Waals surface area contributed by atoms with E-state index in [4.69, 9.17) is 9.15 Å². The molecule has 0 aliphatic carbocycles. The zero-order valence-electron chi connectivity index (χ0n) is 15.8. The van der Waals surface area contributed by atoms with Crippen molar-refractivity contribution in [3.8, 4) is 16.5 Å². The second-order valence-electron chi connectivity index (χ2n) is 6.76. The average Bonchev–Trinajstić information content (AvgIpc) is 3.50. The minimum Gasteiger partial charge on any atom is -0.497 e. The van der Waals surface area contributed by atoms with Crippen LogP contribution in [0.4, 0.5) is 0 Å². The van der Waals surface area contributed by atoms with Crippen molar-refractivity contribution < 1.29 is 13.9 Å². The predicted molar refractivity (Wildman–Crippen MR) is 109 cm³/mol. The molecule has 146 valence electrons. The fourth-order valence-corrected chi connectivity index (χ4v) is 4.27. The minimum atomic E-state index is -0.160. The summed E-state index contributed by atoms with van der Waals surface area (Å²) in [7, 11) is 1.66. The van der Waals surface area contributed by atoms with Gasteiger partial charge in [-0.05, 0) is 55.8 Å². The van der Waals surface area contributed by atoms with E-state index in [1.165, 1.54) is 29.7 Å². The molecule has 7 heteroatoms. The summed E-state index contributed by atoms with van der Waals surface area (Å²) in [5.41, 5.74) is 1.60. The van der Waals surface area contributed by atoms with Crippen molar-refractivity contribution in [3.63, 3.8) is 0 Å². The lowest BCUT2D eigenvalue weighted by Gasteiger charge is -2.28. The number of carbonyl (C=O) groups is 1. The number of nitrogens with zero attached hydrogens (tertiary/aromatic N) is 2. The van der Waals surface area contributed by atoms with Gasteiger partial charge in [-0.2, -0.15) is 0 Å². The van der Waals surface area contributed by atoms with Crippen LogP contribution in [0, 0.1) is 0 Å². The second-order valence-corrected chi connectivity index (χ2v) is 7.62. The summed E-state index contributed by atoms with van der Waals surface area (Å²) in [4.78, 5) is 19.5. The first-order chi connectivity index (χ1) is 13.7. The number of hydrogen-bond acceptors (Lipinski definition) is 6. The lowest BCUT2D eigenvalue weighted by Crippen LogP contribution is -2.36. The number of aromatic nitrogens is 1. The van der Waals surface area contributed by atoms with Gasteiger partial charge in [-0.1, -0.05) is 12.1 Å². The standard InChI is InChI=1S/C21H23N3O3S/c1-26-16-8-6-15(7-9-16)18(24-10-2-3-11-24)13-22-20(25)17-14-28-21(23-17)19-5-4-12-27-19/h4-9,12,14,18H,2-3,10-11,13H2,1H3,(H,22,25). The molecule has 0 radical (unpaired) electrons. The molecule has 1 atom stereocenters. The SMILES string of the molecule is COc1ccc(C(CNC(=O)c2csc(-c3ccco3)n2)N2CCCC2)cc1. The number of benzene rings is 1. The van der Waals surface area contributed by atoms with Gasteiger partial charge in [0.15, 0.2) is 10.8 Å². The normalized spacial score (nSPS) is 15.5. The fraction of sp³-hybridized carbons (Fsp3) is 0.333. The van der Waals surface area contributed by atoms with Crippen LogP contribution in [-0.4, -0.2) is 42.5 Å². The summed E-state index contributed by atoms with van der Waals surface area (Å²) >= 11 is 1.41. The van der Waals surface area contributed by atoms with Gasteiger partial charge in [-0.3, -0.25) is 9.69 Å². The first-order valence-electron chi connectivity index (χ1n) is 9.40. The van der Waals surface area contributed by atoms with E-state index in [0.717, 1.165) is 18.8 Å². The summed E-state index contributed by atoms with van der Waals surface area (Å²) < 4.78 is 10.6. The number of likely N-dealkylation sites (tertiary alicyclic amines) is 1. The van der Waals surface area contributed by atoms with Crippen LogP contribution in [0.15, 0.2) is 52.5 Å². The molecule has 6 nitrogen and oxygen atoms in total. The minimum absolute atomic E-state index is 0.139. The number of ether oxygens (including phenoxy) is 1. The molecule has 1 aromatic carbocycles. The molecule has 1 amide bonds. The molecule has 1 saturated heterocycles. The Bertz CT molecular complexity index is 899. The topological polar surface area (TPSA) is 67.6 Å². The third-order valence-corrected chi connectivity index (χ3v) is 5.86. The monoisotopic (exact) mass is 397 g/mol. The molecule has 3 heterocycles. The first kappa shape index (κ1) is 18.7. The van der Waals surface area contributed by atoms with E-state index in [1.807, 2.05) is 24.3 Å². The van der Waals surface area contributed by atoms with Crippen LogP contribution in [0.1, 0.15) is 34.9 Å². The predicted octanol–water partition coefficient (Wildman–Crippen LogP) is 3.98. The van der Waals surface area contributed by atoms with E-state index in [1.54, 1.807) is 18.8 Å². The molecule has 1 N–H and O–H groups in total. The summed E-state index contributed by atoms with van der Waals surface area (Å²) in [5.74, 6) is 1.35. The van der Waals surface area contributed by atoms with Crippen molar-refractivity contribution in [3.05, 3.63) is 59.3 Å². The van der Waals surface area contributed by atoms with Crippen molar-refractivity contribution >= 4 is 17.2 Å². The molecule has 4 rings (SSSR count). The van der Waals surface area contributed by atoms with E-state index in [9.17, 15) is 4.79 Å². The second kappa shape index (κ2) is 8.58. The lowest BCUT2D eigenvalue weighted by molar-refractivity contribution is 0.0933. The van der Waals surface area contributed by atoms with Gasteiger partial charge in [0.1, 0.15) is 11.4 Å². The van der Waals surface area contributed by atoms with E-state index in [2.05, 4.69) is 27.3 Å². The van der Waals surface area contributed by atoms with Gasteiger partial charge < -0.3 is 14.5 Å². The largest absolute Gasteiger partial charge is 0.497 e. The van der Waals surface area contributed by atoms with E-state index < -0.39 is 0 Å². The summed E-state index contributed by atoms with van der Waals surface area (Å²) in [6, 6.07) is 11.9. The van der Waals surface area contributed by atoms with Crippen LogP contribution in [-0.2, 0) is 0 Å². The van der Waals surface area contributed by atoms with Gasteiger partial charge in [-0.15, -0.1) is 11.3 Å². The van der Waals surface area contributed by atoms with Crippen molar-refractivity contribution in [2.75, 3.05) is 26.7 Å². The van der Waals surface area contributed by atoms with Crippen LogP contribution in [0.2, 0.25) is 0 Å². The Balaban J connectivity index is 1.45. The number of nitrogens with one attached hydrogen (secondary N) is 1. The third kappa shape index (κ3) is 4.10. The first-order valence-corrected chi connectivity index (χ1v) is 10.3. The molecule has 2 aromatic heterocycles. The Kier molecular flexibility index (Phi) is 5.73. The van der Waals surface area contributed by atoms with Crippen LogP contribution < -0.4 is 10.1 Å². The van der Waals surface area contributed by atoms with Crippen LogP contribution in [0.25, 0.3) is 10.8 Å². The van der Waals surface area contributed by atoms with Crippen LogP contribution in [0.5, 0.6) is 5.75 Å². The smallest absolute Gasteiger partial charge is 0.270 e. The fourth-order valence-electron chi connectivity index (χ4n) is 3.51. The number of thiazole rings is 1. The highest BCUT2D eigenvalue weighted by molar-refractivity contribution is 7.13. The van der Waals surface area contributed by atoms with Crippen molar-refractivity contribution in [1.82, 2.24) is 15.2 Å². The highest BCUT2D eigenvalue weighted by atomic mass is 32.1. The Labute approximate surface area is 168 Å². The molecule has 0 saturated carbocycles. The molecule has 1 aliphatic heterocycles. The summed E-state index contributed by atoms with van der Waals surface area (Å²) in [6.45, 7) is 2.64. The van der Waals surface area contributed by atoms with Gasteiger partial charge in [0, 0.05) is 11.9 Å².